The summed E-state index contributed by atoms with van der Waals surface area (Å²) in [6.07, 6.45) is 3.37. The number of piperidine rings is 1. The fourth-order valence-electron chi connectivity index (χ4n) is 2.44. The first-order valence-corrected chi connectivity index (χ1v) is 7.19. The quantitative estimate of drug-likeness (QED) is 0.909. The summed E-state index contributed by atoms with van der Waals surface area (Å²) < 4.78 is 0.779. The molecule has 0 spiro atoms. The standard InChI is InChI=1S/C14H18BrNO2/c1-2-10-4-3-7-16(9-10)14(18)12-6-5-11(15)8-13(12)17/h5-6,8,10,17H,2-4,7,9H2,1H3. The van der Waals surface area contributed by atoms with Gasteiger partial charge in [-0.05, 0) is 37.0 Å². The van der Waals surface area contributed by atoms with Gasteiger partial charge in [0.25, 0.3) is 5.91 Å². The second-order valence-corrected chi connectivity index (χ2v) is 5.74. The number of amides is 1. The zero-order valence-corrected chi connectivity index (χ0v) is 12.1. The molecular weight excluding hydrogens is 294 g/mol. The van der Waals surface area contributed by atoms with Gasteiger partial charge in [0.2, 0.25) is 0 Å². The van der Waals surface area contributed by atoms with Crippen molar-refractivity contribution in [1.82, 2.24) is 4.90 Å². The third-order valence-corrected chi connectivity index (χ3v) is 4.07. The molecule has 1 amide bonds. The zero-order valence-electron chi connectivity index (χ0n) is 10.5. The van der Waals surface area contributed by atoms with Gasteiger partial charge in [0.05, 0.1) is 5.56 Å². The van der Waals surface area contributed by atoms with Crippen LogP contribution in [-0.4, -0.2) is 29.0 Å². The van der Waals surface area contributed by atoms with E-state index in [0.717, 1.165) is 30.4 Å². The summed E-state index contributed by atoms with van der Waals surface area (Å²) >= 11 is 3.28. The summed E-state index contributed by atoms with van der Waals surface area (Å²) in [6.45, 7) is 3.77. The molecule has 0 aliphatic carbocycles. The van der Waals surface area contributed by atoms with Crippen LogP contribution in [0.15, 0.2) is 22.7 Å². The number of hydrogen-bond acceptors (Lipinski definition) is 2. The number of phenols is 1. The van der Waals surface area contributed by atoms with Crippen LogP contribution in [-0.2, 0) is 0 Å². The van der Waals surface area contributed by atoms with Crippen molar-refractivity contribution in [3.05, 3.63) is 28.2 Å². The Hall–Kier alpha value is -1.03. The number of benzene rings is 1. The Balaban J connectivity index is 2.15. The summed E-state index contributed by atoms with van der Waals surface area (Å²) in [5.74, 6) is 0.589. The minimum Gasteiger partial charge on any atom is -0.507 e. The summed E-state index contributed by atoms with van der Waals surface area (Å²) in [4.78, 5) is 14.2. The van der Waals surface area contributed by atoms with E-state index in [1.54, 1.807) is 18.2 Å². The molecule has 0 aromatic heterocycles. The Labute approximate surface area is 116 Å². The highest BCUT2D eigenvalue weighted by atomic mass is 79.9. The van der Waals surface area contributed by atoms with Crippen LogP contribution in [0.1, 0.15) is 36.5 Å². The van der Waals surface area contributed by atoms with E-state index in [-0.39, 0.29) is 11.7 Å². The van der Waals surface area contributed by atoms with Crippen molar-refractivity contribution in [1.29, 1.82) is 0 Å². The molecule has 1 saturated heterocycles. The predicted molar refractivity (Wildman–Crippen MR) is 74.7 cm³/mol. The van der Waals surface area contributed by atoms with E-state index in [1.165, 1.54) is 6.42 Å². The largest absolute Gasteiger partial charge is 0.507 e. The van der Waals surface area contributed by atoms with Crippen LogP contribution in [0, 0.1) is 5.92 Å². The molecule has 1 unspecified atom stereocenters. The molecule has 2 rings (SSSR count). The average molecular weight is 312 g/mol. The van der Waals surface area contributed by atoms with E-state index < -0.39 is 0 Å². The van der Waals surface area contributed by atoms with E-state index in [4.69, 9.17) is 0 Å². The second kappa shape index (κ2) is 5.74. The van der Waals surface area contributed by atoms with Crippen molar-refractivity contribution < 1.29 is 9.90 Å². The highest BCUT2D eigenvalue weighted by Crippen LogP contribution is 2.26. The smallest absolute Gasteiger partial charge is 0.257 e. The molecule has 1 aliphatic rings. The number of likely N-dealkylation sites (tertiary alicyclic amines) is 1. The summed E-state index contributed by atoms with van der Waals surface area (Å²) in [5, 5.41) is 9.84. The molecule has 1 fully saturated rings. The van der Waals surface area contributed by atoms with Crippen LogP contribution >= 0.6 is 15.9 Å². The Morgan fingerprint density at radius 3 is 3.00 bits per heavy atom. The first-order chi connectivity index (χ1) is 8.61. The fraction of sp³-hybridized carbons (Fsp3) is 0.500. The molecule has 4 heteroatoms. The first kappa shape index (κ1) is 13.4. The average Bonchev–Trinajstić information content (AvgIpc) is 2.38. The lowest BCUT2D eigenvalue weighted by molar-refractivity contribution is 0.0668. The molecule has 1 heterocycles. The van der Waals surface area contributed by atoms with Gasteiger partial charge in [-0.3, -0.25) is 4.79 Å². The summed E-state index contributed by atoms with van der Waals surface area (Å²) in [7, 11) is 0. The van der Waals surface area contributed by atoms with E-state index in [1.807, 2.05) is 4.90 Å². The van der Waals surface area contributed by atoms with Gasteiger partial charge < -0.3 is 10.0 Å². The van der Waals surface area contributed by atoms with Crippen LogP contribution in [0.4, 0.5) is 0 Å². The Kier molecular flexibility index (Phi) is 4.27. The van der Waals surface area contributed by atoms with Crippen molar-refractivity contribution in [3.63, 3.8) is 0 Å². The molecule has 3 nitrogen and oxygen atoms in total. The zero-order chi connectivity index (χ0) is 13.1. The van der Waals surface area contributed by atoms with E-state index in [9.17, 15) is 9.90 Å². The number of phenolic OH excluding ortho intramolecular Hbond substituents is 1. The van der Waals surface area contributed by atoms with Crippen molar-refractivity contribution in [2.24, 2.45) is 5.92 Å². The van der Waals surface area contributed by atoms with Gasteiger partial charge in [-0.1, -0.05) is 29.3 Å². The highest BCUT2D eigenvalue weighted by molar-refractivity contribution is 9.10. The number of rotatable bonds is 2. The first-order valence-electron chi connectivity index (χ1n) is 6.39. The lowest BCUT2D eigenvalue weighted by Gasteiger charge is -2.32. The number of carbonyl (C=O) groups excluding carboxylic acids is 1. The van der Waals surface area contributed by atoms with Gasteiger partial charge in [0, 0.05) is 17.6 Å². The number of hydrogen-bond donors (Lipinski definition) is 1. The molecule has 0 bridgehead atoms. The normalized spacial score (nSPS) is 19.9. The van der Waals surface area contributed by atoms with E-state index >= 15 is 0 Å². The minimum atomic E-state index is -0.0573. The molecule has 18 heavy (non-hydrogen) atoms. The van der Waals surface area contributed by atoms with Crippen molar-refractivity contribution in [2.75, 3.05) is 13.1 Å². The highest BCUT2D eigenvalue weighted by Gasteiger charge is 2.24. The van der Waals surface area contributed by atoms with Crippen molar-refractivity contribution in [3.8, 4) is 5.75 Å². The Morgan fingerprint density at radius 1 is 1.56 bits per heavy atom. The Morgan fingerprint density at radius 2 is 2.33 bits per heavy atom. The monoisotopic (exact) mass is 311 g/mol. The molecule has 1 aliphatic heterocycles. The molecular formula is C14H18BrNO2. The number of nitrogens with zero attached hydrogens (tertiary/aromatic N) is 1. The van der Waals surface area contributed by atoms with E-state index in [0.29, 0.717) is 11.5 Å². The van der Waals surface area contributed by atoms with Crippen LogP contribution in [0.25, 0.3) is 0 Å². The Bertz CT molecular complexity index is 447. The lowest BCUT2D eigenvalue weighted by atomic mass is 9.95. The van der Waals surface area contributed by atoms with Crippen LogP contribution in [0.3, 0.4) is 0 Å². The molecule has 1 aromatic carbocycles. The van der Waals surface area contributed by atoms with Crippen LogP contribution in [0.2, 0.25) is 0 Å². The van der Waals surface area contributed by atoms with Gasteiger partial charge in [-0.2, -0.15) is 0 Å². The molecule has 98 valence electrons. The minimum absolute atomic E-state index is 0.0491. The van der Waals surface area contributed by atoms with E-state index in [2.05, 4.69) is 22.9 Å². The second-order valence-electron chi connectivity index (χ2n) is 4.83. The van der Waals surface area contributed by atoms with Gasteiger partial charge in [-0.15, -0.1) is 0 Å². The fourth-order valence-corrected chi connectivity index (χ4v) is 2.79. The third-order valence-electron chi connectivity index (χ3n) is 3.57. The molecule has 0 saturated carbocycles. The van der Waals surface area contributed by atoms with Gasteiger partial charge in [0.1, 0.15) is 5.75 Å². The van der Waals surface area contributed by atoms with Crippen molar-refractivity contribution in [2.45, 2.75) is 26.2 Å². The molecule has 1 atom stereocenters. The maximum atomic E-state index is 12.3. The topological polar surface area (TPSA) is 40.5 Å². The molecule has 1 N–H and O–H groups in total. The maximum Gasteiger partial charge on any atom is 0.257 e. The van der Waals surface area contributed by atoms with Gasteiger partial charge in [0.15, 0.2) is 0 Å². The SMILES string of the molecule is CCC1CCCN(C(=O)c2ccc(Br)cc2O)C1. The van der Waals surface area contributed by atoms with Gasteiger partial charge >= 0.3 is 0 Å². The predicted octanol–water partition coefficient (Wildman–Crippen LogP) is 3.42. The summed E-state index contributed by atoms with van der Waals surface area (Å²) in [5.41, 5.74) is 0.398. The maximum absolute atomic E-state index is 12.3. The van der Waals surface area contributed by atoms with Crippen LogP contribution < -0.4 is 0 Å². The lowest BCUT2D eigenvalue weighted by Crippen LogP contribution is -2.39. The molecule has 0 radical (unpaired) electrons. The van der Waals surface area contributed by atoms with Crippen LogP contribution in [0.5, 0.6) is 5.75 Å². The number of carbonyl (C=O) groups is 1. The number of halogens is 1. The third kappa shape index (κ3) is 2.86. The summed E-state index contributed by atoms with van der Waals surface area (Å²) in [6, 6.07) is 5.03. The number of aromatic hydroxyl groups is 1. The molecule has 1 aromatic rings. The van der Waals surface area contributed by atoms with Crippen molar-refractivity contribution >= 4 is 21.8 Å². The van der Waals surface area contributed by atoms with Gasteiger partial charge in [-0.25, -0.2) is 0 Å².